The minimum atomic E-state index is -0.665. The molecule has 0 aliphatic rings. The molecule has 116 valence electrons. The van der Waals surface area contributed by atoms with Crippen molar-refractivity contribution in [2.75, 3.05) is 6.61 Å². The number of hydrogen-bond donors (Lipinski definition) is 0. The molecule has 0 amide bonds. The number of aromatic nitrogens is 2. The standard InChI is InChI=1S/C15H15BrN2O4/c1-3-20-14(19)10(2)21-12-4-6-13(7-5-12)22-15-17-8-11(16)9-18-15/h4-10H,3H2,1-2H3/t10-/m0/s1. The van der Waals surface area contributed by atoms with Crippen molar-refractivity contribution in [3.05, 3.63) is 41.1 Å². The highest BCUT2D eigenvalue weighted by atomic mass is 79.9. The summed E-state index contributed by atoms with van der Waals surface area (Å²) in [4.78, 5) is 19.5. The highest BCUT2D eigenvalue weighted by Crippen LogP contribution is 2.22. The first-order valence-corrected chi connectivity index (χ1v) is 7.46. The third-order valence-corrected chi connectivity index (χ3v) is 2.97. The van der Waals surface area contributed by atoms with Crippen molar-refractivity contribution >= 4 is 21.9 Å². The molecule has 1 aromatic carbocycles. The van der Waals surface area contributed by atoms with E-state index in [0.29, 0.717) is 18.1 Å². The molecule has 0 saturated heterocycles. The van der Waals surface area contributed by atoms with E-state index in [1.165, 1.54) is 0 Å². The van der Waals surface area contributed by atoms with E-state index in [4.69, 9.17) is 14.2 Å². The van der Waals surface area contributed by atoms with Gasteiger partial charge in [0.25, 0.3) is 0 Å². The van der Waals surface area contributed by atoms with Crippen LogP contribution in [0.3, 0.4) is 0 Å². The third-order valence-electron chi connectivity index (χ3n) is 2.56. The smallest absolute Gasteiger partial charge is 0.347 e. The summed E-state index contributed by atoms with van der Waals surface area (Å²) < 4.78 is 16.6. The first-order valence-electron chi connectivity index (χ1n) is 6.67. The van der Waals surface area contributed by atoms with Gasteiger partial charge in [-0.3, -0.25) is 0 Å². The van der Waals surface area contributed by atoms with E-state index < -0.39 is 12.1 Å². The molecule has 1 heterocycles. The fraction of sp³-hybridized carbons (Fsp3) is 0.267. The van der Waals surface area contributed by atoms with Crippen LogP contribution in [0.4, 0.5) is 0 Å². The molecule has 0 radical (unpaired) electrons. The van der Waals surface area contributed by atoms with E-state index in [-0.39, 0.29) is 6.01 Å². The Hall–Kier alpha value is -2.15. The molecule has 0 aliphatic heterocycles. The van der Waals surface area contributed by atoms with Gasteiger partial charge in [-0.1, -0.05) is 0 Å². The fourth-order valence-electron chi connectivity index (χ4n) is 1.56. The lowest BCUT2D eigenvalue weighted by Gasteiger charge is -2.13. The van der Waals surface area contributed by atoms with Crippen molar-refractivity contribution in [3.8, 4) is 17.5 Å². The number of carbonyl (C=O) groups excluding carboxylic acids is 1. The summed E-state index contributed by atoms with van der Waals surface area (Å²) in [6.45, 7) is 3.71. The number of benzene rings is 1. The van der Waals surface area contributed by atoms with Crippen LogP contribution in [0.25, 0.3) is 0 Å². The van der Waals surface area contributed by atoms with Gasteiger partial charge >= 0.3 is 12.0 Å². The van der Waals surface area contributed by atoms with Gasteiger partial charge in [0.2, 0.25) is 0 Å². The van der Waals surface area contributed by atoms with Crippen LogP contribution in [0.2, 0.25) is 0 Å². The molecule has 0 bridgehead atoms. The summed E-state index contributed by atoms with van der Waals surface area (Å²) in [6, 6.07) is 7.06. The number of carbonyl (C=O) groups is 1. The molecule has 0 fully saturated rings. The Morgan fingerprint density at radius 2 is 1.77 bits per heavy atom. The van der Waals surface area contributed by atoms with Crippen LogP contribution in [-0.4, -0.2) is 28.6 Å². The number of esters is 1. The fourth-order valence-corrected chi connectivity index (χ4v) is 1.76. The maximum Gasteiger partial charge on any atom is 0.347 e. The molecular formula is C15H15BrN2O4. The molecule has 1 aromatic heterocycles. The monoisotopic (exact) mass is 366 g/mol. The summed E-state index contributed by atoms with van der Waals surface area (Å²) in [5.41, 5.74) is 0. The van der Waals surface area contributed by atoms with E-state index >= 15 is 0 Å². The summed E-state index contributed by atoms with van der Waals surface area (Å²) in [6.07, 6.45) is 2.53. The van der Waals surface area contributed by atoms with Gasteiger partial charge in [0, 0.05) is 12.4 Å². The minimum absolute atomic E-state index is 0.247. The van der Waals surface area contributed by atoms with Crippen molar-refractivity contribution in [2.24, 2.45) is 0 Å². The van der Waals surface area contributed by atoms with Crippen LogP contribution in [0.15, 0.2) is 41.1 Å². The van der Waals surface area contributed by atoms with Crippen molar-refractivity contribution < 1.29 is 19.0 Å². The molecule has 0 N–H and O–H groups in total. The zero-order chi connectivity index (χ0) is 15.9. The molecule has 2 aromatic rings. The lowest BCUT2D eigenvalue weighted by molar-refractivity contribution is -0.150. The van der Waals surface area contributed by atoms with E-state index in [1.807, 2.05) is 0 Å². The predicted octanol–water partition coefficient (Wildman–Crippen LogP) is 3.36. The minimum Gasteiger partial charge on any atom is -0.479 e. The number of rotatable bonds is 6. The van der Waals surface area contributed by atoms with Gasteiger partial charge in [-0.15, -0.1) is 0 Å². The van der Waals surface area contributed by atoms with Crippen LogP contribution in [0.1, 0.15) is 13.8 Å². The summed E-state index contributed by atoms with van der Waals surface area (Å²) in [7, 11) is 0. The summed E-state index contributed by atoms with van der Waals surface area (Å²) >= 11 is 3.25. The Labute approximate surface area is 136 Å². The van der Waals surface area contributed by atoms with E-state index in [9.17, 15) is 4.79 Å². The highest BCUT2D eigenvalue weighted by Gasteiger charge is 2.15. The first kappa shape index (κ1) is 16.2. The molecule has 0 aliphatic carbocycles. The Morgan fingerprint density at radius 1 is 1.18 bits per heavy atom. The molecular weight excluding hydrogens is 352 g/mol. The first-order chi connectivity index (χ1) is 10.6. The second kappa shape index (κ2) is 7.74. The summed E-state index contributed by atoms with van der Waals surface area (Å²) in [5, 5.41) is 0. The second-order valence-electron chi connectivity index (χ2n) is 4.27. The highest BCUT2D eigenvalue weighted by molar-refractivity contribution is 9.10. The number of halogens is 1. The van der Waals surface area contributed by atoms with Gasteiger partial charge in [-0.05, 0) is 54.0 Å². The van der Waals surface area contributed by atoms with Gasteiger partial charge in [-0.25, -0.2) is 14.8 Å². The molecule has 0 spiro atoms. The van der Waals surface area contributed by atoms with E-state index in [2.05, 4.69) is 25.9 Å². The number of ether oxygens (including phenoxy) is 3. The Morgan fingerprint density at radius 3 is 2.36 bits per heavy atom. The molecule has 6 nitrogen and oxygen atoms in total. The molecule has 22 heavy (non-hydrogen) atoms. The summed E-state index contributed by atoms with van der Waals surface area (Å²) in [5.74, 6) is 0.717. The van der Waals surface area contributed by atoms with Gasteiger partial charge in [-0.2, -0.15) is 0 Å². The Kier molecular flexibility index (Phi) is 5.71. The van der Waals surface area contributed by atoms with E-state index in [0.717, 1.165) is 4.47 Å². The topological polar surface area (TPSA) is 70.5 Å². The van der Waals surface area contributed by atoms with Crippen molar-refractivity contribution in [2.45, 2.75) is 20.0 Å². The Balaban J connectivity index is 1.95. The molecule has 2 rings (SSSR count). The predicted molar refractivity (Wildman–Crippen MR) is 83.0 cm³/mol. The SMILES string of the molecule is CCOC(=O)[C@H](C)Oc1ccc(Oc2ncc(Br)cn2)cc1. The molecule has 0 unspecified atom stereocenters. The van der Waals surface area contributed by atoms with Crippen LogP contribution >= 0.6 is 15.9 Å². The maximum absolute atomic E-state index is 11.5. The van der Waals surface area contributed by atoms with Crippen LogP contribution in [0, 0.1) is 0 Å². The maximum atomic E-state index is 11.5. The van der Waals surface area contributed by atoms with Crippen molar-refractivity contribution in [1.29, 1.82) is 0 Å². The van der Waals surface area contributed by atoms with Gasteiger partial charge < -0.3 is 14.2 Å². The lowest BCUT2D eigenvalue weighted by atomic mass is 10.3. The zero-order valence-electron chi connectivity index (χ0n) is 12.2. The van der Waals surface area contributed by atoms with Crippen molar-refractivity contribution in [1.82, 2.24) is 9.97 Å². The molecule has 1 atom stereocenters. The average molecular weight is 367 g/mol. The van der Waals surface area contributed by atoms with Crippen LogP contribution in [0.5, 0.6) is 17.5 Å². The average Bonchev–Trinajstić information content (AvgIpc) is 2.51. The molecule has 7 heteroatoms. The van der Waals surface area contributed by atoms with Gasteiger partial charge in [0.1, 0.15) is 11.5 Å². The Bertz CT molecular complexity index is 616. The van der Waals surface area contributed by atoms with Crippen molar-refractivity contribution in [3.63, 3.8) is 0 Å². The van der Waals surface area contributed by atoms with Crippen LogP contribution in [-0.2, 0) is 9.53 Å². The van der Waals surface area contributed by atoms with E-state index in [1.54, 1.807) is 50.5 Å². The normalized spacial score (nSPS) is 11.6. The quantitative estimate of drug-likeness (QED) is 0.730. The lowest BCUT2D eigenvalue weighted by Crippen LogP contribution is -2.25. The van der Waals surface area contributed by atoms with Gasteiger partial charge in [0.15, 0.2) is 6.10 Å². The largest absolute Gasteiger partial charge is 0.479 e. The number of nitrogens with zero attached hydrogens (tertiary/aromatic N) is 2. The van der Waals surface area contributed by atoms with Gasteiger partial charge in [0.05, 0.1) is 11.1 Å². The number of hydrogen-bond acceptors (Lipinski definition) is 6. The van der Waals surface area contributed by atoms with Crippen LogP contribution < -0.4 is 9.47 Å². The third kappa shape index (κ3) is 4.70. The zero-order valence-corrected chi connectivity index (χ0v) is 13.7. The molecule has 0 saturated carbocycles. The second-order valence-corrected chi connectivity index (χ2v) is 5.19.